The summed E-state index contributed by atoms with van der Waals surface area (Å²) in [5, 5.41) is 3.72. The van der Waals surface area contributed by atoms with Crippen molar-refractivity contribution in [1.82, 2.24) is 10.2 Å². The van der Waals surface area contributed by atoms with Crippen LogP contribution in [0.4, 0.5) is 0 Å². The van der Waals surface area contributed by atoms with Gasteiger partial charge in [-0.15, -0.1) is 0 Å². The third kappa shape index (κ3) is 5.31. The fourth-order valence-electron chi connectivity index (χ4n) is 2.17. The molecule has 2 nitrogen and oxygen atoms in total. The number of unbranched alkanes of at least 4 members (excludes halogenated alkanes) is 1. The molecule has 1 N–H and O–H groups in total. The lowest BCUT2D eigenvalue weighted by Crippen LogP contribution is -2.32. The van der Waals surface area contributed by atoms with Crippen molar-refractivity contribution in [3.63, 3.8) is 0 Å². The van der Waals surface area contributed by atoms with Crippen molar-refractivity contribution in [1.29, 1.82) is 0 Å². The molecule has 0 radical (unpaired) electrons. The Labute approximate surface area is 102 Å². The van der Waals surface area contributed by atoms with Crippen LogP contribution in [0.5, 0.6) is 0 Å². The fraction of sp³-hybridized carbons (Fsp3) is 1.00. The Bertz CT molecular complexity index is 176. The predicted molar refractivity (Wildman–Crippen MR) is 71.8 cm³/mol. The Balaban J connectivity index is 1.94. The maximum atomic E-state index is 3.72. The topological polar surface area (TPSA) is 15.3 Å². The summed E-state index contributed by atoms with van der Waals surface area (Å²) in [7, 11) is 2.22. The zero-order chi connectivity index (χ0) is 12.0. The largest absolute Gasteiger partial charge is 0.314 e. The minimum absolute atomic E-state index is 0.683. The lowest BCUT2D eigenvalue weighted by atomic mass is 10.1. The summed E-state index contributed by atoms with van der Waals surface area (Å²) in [4.78, 5) is 2.43. The van der Waals surface area contributed by atoms with E-state index in [9.17, 15) is 0 Å². The summed E-state index contributed by atoms with van der Waals surface area (Å²) in [6.07, 6.45) is 6.86. The number of rotatable bonds is 9. The van der Waals surface area contributed by atoms with E-state index in [0.29, 0.717) is 6.04 Å². The van der Waals surface area contributed by atoms with E-state index in [1.54, 1.807) is 0 Å². The molecular weight excluding hydrogens is 196 g/mol. The molecule has 1 atom stereocenters. The molecule has 1 aliphatic carbocycles. The van der Waals surface area contributed by atoms with E-state index in [1.807, 2.05) is 0 Å². The maximum absolute atomic E-state index is 3.72. The van der Waals surface area contributed by atoms with Crippen molar-refractivity contribution in [2.75, 3.05) is 20.1 Å². The van der Waals surface area contributed by atoms with Crippen LogP contribution in [0.15, 0.2) is 0 Å². The zero-order valence-electron chi connectivity index (χ0n) is 11.6. The minimum atomic E-state index is 0.683. The predicted octanol–water partition coefficient (Wildman–Crippen LogP) is 2.89. The van der Waals surface area contributed by atoms with Gasteiger partial charge >= 0.3 is 0 Å². The van der Waals surface area contributed by atoms with Gasteiger partial charge in [0.1, 0.15) is 0 Å². The molecule has 0 spiro atoms. The van der Waals surface area contributed by atoms with Gasteiger partial charge in [-0.3, -0.25) is 0 Å². The summed E-state index contributed by atoms with van der Waals surface area (Å²) in [6, 6.07) is 1.49. The second kappa shape index (κ2) is 7.29. The van der Waals surface area contributed by atoms with Crippen molar-refractivity contribution in [3.8, 4) is 0 Å². The molecule has 1 saturated carbocycles. The van der Waals surface area contributed by atoms with E-state index >= 15 is 0 Å². The van der Waals surface area contributed by atoms with Crippen LogP contribution in [0.25, 0.3) is 0 Å². The molecule has 0 amide bonds. The van der Waals surface area contributed by atoms with Crippen molar-refractivity contribution < 1.29 is 0 Å². The van der Waals surface area contributed by atoms with Crippen LogP contribution in [-0.4, -0.2) is 37.1 Å². The summed E-state index contributed by atoms with van der Waals surface area (Å²) in [5.41, 5.74) is 0. The molecule has 1 aliphatic rings. The lowest BCUT2D eigenvalue weighted by Gasteiger charge is -2.21. The highest BCUT2D eigenvalue weighted by Crippen LogP contribution is 2.33. The Morgan fingerprint density at radius 1 is 1.25 bits per heavy atom. The van der Waals surface area contributed by atoms with Crippen LogP contribution in [0.3, 0.4) is 0 Å². The van der Waals surface area contributed by atoms with E-state index in [1.165, 1.54) is 45.2 Å². The zero-order valence-corrected chi connectivity index (χ0v) is 11.6. The first-order valence-corrected chi connectivity index (χ1v) is 7.08. The average Bonchev–Trinajstić information content (AvgIpc) is 3.06. The number of hydrogen-bond donors (Lipinski definition) is 1. The third-order valence-electron chi connectivity index (χ3n) is 3.86. The molecule has 0 aliphatic heterocycles. The molecule has 0 heterocycles. The van der Waals surface area contributed by atoms with E-state index in [0.717, 1.165) is 12.0 Å². The molecule has 0 aromatic carbocycles. The first-order valence-electron chi connectivity index (χ1n) is 7.08. The molecule has 0 bridgehead atoms. The molecule has 0 aromatic rings. The van der Waals surface area contributed by atoms with Crippen molar-refractivity contribution in [2.24, 2.45) is 5.92 Å². The summed E-state index contributed by atoms with van der Waals surface area (Å²) >= 11 is 0. The van der Waals surface area contributed by atoms with E-state index < -0.39 is 0 Å². The van der Waals surface area contributed by atoms with Gasteiger partial charge in [-0.2, -0.15) is 0 Å². The van der Waals surface area contributed by atoms with Crippen LogP contribution in [-0.2, 0) is 0 Å². The van der Waals surface area contributed by atoms with Gasteiger partial charge in [0.2, 0.25) is 0 Å². The van der Waals surface area contributed by atoms with Gasteiger partial charge in [0, 0.05) is 12.1 Å². The normalized spacial score (nSPS) is 18.4. The molecule has 16 heavy (non-hydrogen) atoms. The van der Waals surface area contributed by atoms with Gasteiger partial charge in [-0.25, -0.2) is 0 Å². The monoisotopic (exact) mass is 226 g/mol. The molecule has 1 rings (SSSR count). The van der Waals surface area contributed by atoms with Crippen molar-refractivity contribution >= 4 is 0 Å². The molecule has 0 saturated heterocycles. The second-order valence-corrected chi connectivity index (χ2v) is 5.59. The van der Waals surface area contributed by atoms with E-state index in [2.05, 4.69) is 38.0 Å². The quantitative estimate of drug-likeness (QED) is 0.608. The number of hydrogen-bond acceptors (Lipinski definition) is 2. The maximum Gasteiger partial charge on any atom is 0.00927 e. The SMILES string of the molecule is CCC(NCCCCN(C)C(C)C)C1CC1. The molecular formula is C14H30N2. The van der Waals surface area contributed by atoms with E-state index in [-0.39, 0.29) is 0 Å². The van der Waals surface area contributed by atoms with Gasteiger partial charge < -0.3 is 10.2 Å². The lowest BCUT2D eigenvalue weighted by molar-refractivity contribution is 0.267. The van der Waals surface area contributed by atoms with Crippen LogP contribution in [0, 0.1) is 5.92 Å². The van der Waals surface area contributed by atoms with Gasteiger partial charge in [0.15, 0.2) is 0 Å². The Morgan fingerprint density at radius 2 is 1.94 bits per heavy atom. The molecule has 0 aromatic heterocycles. The smallest absolute Gasteiger partial charge is 0.00927 e. The van der Waals surface area contributed by atoms with Gasteiger partial charge in [-0.1, -0.05) is 6.92 Å². The van der Waals surface area contributed by atoms with Gasteiger partial charge in [-0.05, 0) is 72.0 Å². The Kier molecular flexibility index (Phi) is 6.37. The number of nitrogens with zero attached hydrogens (tertiary/aromatic N) is 1. The van der Waals surface area contributed by atoms with Gasteiger partial charge in [0.05, 0.1) is 0 Å². The van der Waals surface area contributed by atoms with Crippen LogP contribution >= 0.6 is 0 Å². The van der Waals surface area contributed by atoms with Crippen molar-refractivity contribution in [2.45, 2.75) is 65.0 Å². The molecule has 2 heteroatoms. The molecule has 1 fully saturated rings. The summed E-state index contributed by atoms with van der Waals surface area (Å²) in [6.45, 7) is 9.28. The van der Waals surface area contributed by atoms with Gasteiger partial charge in [0.25, 0.3) is 0 Å². The standard InChI is InChI=1S/C14H30N2/c1-5-14(13-8-9-13)15-10-6-7-11-16(4)12(2)3/h12-15H,5-11H2,1-4H3. The van der Waals surface area contributed by atoms with Crippen LogP contribution < -0.4 is 5.32 Å². The molecule has 1 unspecified atom stereocenters. The van der Waals surface area contributed by atoms with Crippen LogP contribution in [0.1, 0.15) is 52.9 Å². The first kappa shape index (κ1) is 14.0. The highest BCUT2D eigenvalue weighted by atomic mass is 15.1. The van der Waals surface area contributed by atoms with E-state index in [4.69, 9.17) is 0 Å². The Hall–Kier alpha value is -0.0800. The minimum Gasteiger partial charge on any atom is -0.314 e. The third-order valence-corrected chi connectivity index (χ3v) is 3.86. The molecule has 96 valence electrons. The summed E-state index contributed by atoms with van der Waals surface area (Å²) < 4.78 is 0. The first-order chi connectivity index (χ1) is 7.65. The van der Waals surface area contributed by atoms with Crippen LogP contribution in [0.2, 0.25) is 0 Å². The average molecular weight is 226 g/mol. The summed E-state index contributed by atoms with van der Waals surface area (Å²) in [5.74, 6) is 1.00. The van der Waals surface area contributed by atoms with Crippen molar-refractivity contribution in [3.05, 3.63) is 0 Å². The highest BCUT2D eigenvalue weighted by molar-refractivity contribution is 4.85. The Morgan fingerprint density at radius 3 is 2.44 bits per heavy atom. The fourth-order valence-corrected chi connectivity index (χ4v) is 2.17. The highest BCUT2D eigenvalue weighted by Gasteiger charge is 2.29. The second-order valence-electron chi connectivity index (χ2n) is 5.59. The number of nitrogens with one attached hydrogen (secondary N) is 1.